The zero-order valence-electron chi connectivity index (χ0n) is 32.9. The van der Waals surface area contributed by atoms with E-state index in [0.717, 1.165) is 7.11 Å². The number of hydrogen-bond donors (Lipinski definition) is 8. The van der Waals surface area contributed by atoms with Crippen LogP contribution in [0.2, 0.25) is 0 Å². The Bertz CT molecular complexity index is 2070. The van der Waals surface area contributed by atoms with Crippen molar-refractivity contribution in [1.29, 1.82) is 0 Å². The number of aliphatic hydroxyl groups excluding tert-OH is 2. The zero-order chi connectivity index (χ0) is 41.1. The van der Waals surface area contributed by atoms with E-state index in [4.69, 9.17) is 37.9 Å². The third-order valence-electron chi connectivity index (χ3n) is 12.6. The monoisotopic (exact) mass is 790 g/mol. The number of benzene rings is 3. The fourth-order valence-corrected chi connectivity index (χ4v) is 9.81. The minimum atomic E-state index is -1.87. The molecule has 0 unspecified atom stereocenters. The Kier molecular flexibility index (Phi) is 9.88. The summed E-state index contributed by atoms with van der Waals surface area (Å²) in [6.07, 6.45) is -8.77. The first-order chi connectivity index (χ1) is 26.2. The minimum absolute atomic E-state index is 0.00370. The standard InChI is InChI=1S/C39H51NO16/c1-14-32(49-7)39(4,52-10)33(50-8)36(53-14)54-19-13-37(2,48)24(34(47)51-9)15-11-16-21(27(43)20(15)19)28(44)22-18(41)12-17-30(23(22)26(16)42)55-35-29(45)25(40(5)6)31(46)38(17,3)56-35/h11-12,14,19,24-25,29,31-33,35-36,41-46,48H,13H2,1-10H3/p+1/t14-,19-,24-,25-,29-,31+,32-,33-,35+,36-,37-,38+,39+/m0/s1. The second-order valence-corrected chi connectivity index (χ2v) is 16.2. The Morgan fingerprint density at radius 1 is 0.911 bits per heavy atom. The first-order valence-corrected chi connectivity index (χ1v) is 18.4. The second-order valence-electron chi connectivity index (χ2n) is 16.2. The molecular formula is C39H52NO16+. The Labute approximate surface area is 322 Å². The Balaban J connectivity index is 1.48. The normalized spacial score (nSPS) is 38.0. The van der Waals surface area contributed by atoms with Gasteiger partial charge in [0.25, 0.3) is 0 Å². The summed E-state index contributed by atoms with van der Waals surface area (Å²) in [5.74, 6) is -4.84. The van der Waals surface area contributed by atoms with E-state index < -0.39 is 107 Å². The molecule has 0 amide bonds. The molecule has 0 radical (unpaired) electrons. The molecule has 3 aromatic rings. The molecule has 3 aliphatic heterocycles. The van der Waals surface area contributed by atoms with Crippen molar-refractivity contribution in [3.8, 4) is 28.7 Å². The van der Waals surface area contributed by atoms with Gasteiger partial charge in [-0.05, 0) is 45.4 Å². The van der Waals surface area contributed by atoms with Gasteiger partial charge in [-0.25, -0.2) is 0 Å². The zero-order valence-corrected chi connectivity index (χ0v) is 32.9. The number of nitrogens with one attached hydrogen (secondary N) is 1. The van der Waals surface area contributed by atoms with Crippen molar-refractivity contribution in [1.82, 2.24) is 0 Å². The number of phenols is 4. The molecule has 13 atom stereocenters. The van der Waals surface area contributed by atoms with Crippen molar-refractivity contribution in [2.24, 2.45) is 0 Å². The Morgan fingerprint density at radius 2 is 1.57 bits per heavy atom. The number of hydrogen-bond acceptors (Lipinski definition) is 16. The largest absolute Gasteiger partial charge is 0.507 e. The summed E-state index contributed by atoms with van der Waals surface area (Å²) in [5.41, 5.74) is -4.43. The highest BCUT2D eigenvalue weighted by atomic mass is 16.7. The van der Waals surface area contributed by atoms with Gasteiger partial charge < -0.3 is 78.5 Å². The first kappa shape index (κ1) is 40.4. The molecule has 2 saturated heterocycles. The molecule has 0 spiro atoms. The van der Waals surface area contributed by atoms with E-state index in [1.54, 1.807) is 34.9 Å². The Hall–Kier alpha value is -3.75. The van der Waals surface area contributed by atoms with Gasteiger partial charge in [-0.15, -0.1) is 0 Å². The van der Waals surface area contributed by atoms with Gasteiger partial charge in [-0.2, -0.15) is 0 Å². The summed E-state index contributed by atoms with van der Waals surface area (Å²) in [6.45, 7) is 6.52. The average Bonchev–Trinajstić information content (AvgIpc) is 3.12. The van der Waals surface area contributed by atoms with Crippen LogP contribution < -0.4 is 9.64 Å². The van der Waals surface area contributed by atoms with Crippen molar-refractivity contribution in [2.45, 2.75) is 112 Å². The van der Waals surface area contributed by atoms with E-state index in [1.807, 2.05) is 0 Å². The van der Waals surface area contributed by atoms with Gasteiger partial charge >= 0.3 is 5.97 Å². The number of carbonyl (C=O) groups excluding carboxylic acids is 1. The van der Waals surface area contributed by atoms with Gasteiger partial charge in [0, 0.05) is 44.3 Å². The number of aromatic hydroxyl groups is 4. The smallest absolute Gasteiger partial charge is 0.316 e. The molecule has 2 fully saturated rings. The highest BCUT2D eigenvalue weighted by Crippen LogP contribution is 2.60. The second kappa shape index (κ2) is 13.7. The molecule has 1 aliphatic carbocycles. The summed E-state index contributed by atoms with van der Waals surface area (Å²) in [6, 6.07) is 1.80. The number of aliphatic hydroxyl groups is 3. The molecule has 7 rings (SSSR count). The fraction of sp³-hybridized carbons (Fsp3) is 0.615. The number of ether oxygens (including phenoxy) is 8. The van der Waals surface area contributed by atoms with Crippen LogP contribution in [0.4, 0.5) is 0 Å². The number of fused-ring (bicyclic) bond motifs is 8. The predicted octanol–water partition coefficient (Wildman–Crippen LogP) is 0.663. The molecule has 17 heteroatoms. The first-order valence-electron chi connectivity index (χ1n) is 18.4. The number of methoxy groups -OCH3 is 4. The Morgan fingerprint density at radius 3 is 2.16 bits per heavy atom. The van der Waals surface area contributed by atoms with Crippen LogP contribution in [0.15, 0.2) is 12.1 Å². The molecule has 4 aliphatic rings. The van der Waals surface area contributed by atoms with Crippen LogP contribution in [0.1, 0.15) is 62.8 Å². The molecular weight excluding hydrogens is 738 g/mol. The fourth-order valence-electron chi connectivity index (χ4n) is 9.81. The van der Waals surface area contributed by atoms with Crippen molar-refractivity contribution < 1.29 is 83.3 Å². The topological polar surface area (TPSA) is 237 Å². The van der Waals surface area contributed by atoms with Gasteiger partial charge in [0.1, 0.15) is 70.2 Å². The molecule has 3 heterocycles. The van der Waals surface area contributed by atoms with Crippen LogP contribution in [0.5, 0.6) is 28.7 Å². The van der Waals surface area contributed by atoms with E-state index in [9.17, 15) is 40.5 Å². The lowest BCUT2D eigenvalue weighted by Crippen LogP contribution is -3.14. The van der Waals surface area contributed by atoms with E-state index >= 15 is 0 Å². The van der Waals surface area contributed by atoms with Crippen molar-refractivity contribution in [3.05, 3.63) is 28.8 Å². The van der Waals surface area contributed by atoms with Crippen LogP contribution in [0.3, 0.4) is 0 Å². The number of carbonyl (C=O) groups is 1. The van der Waals surface area contributed by atoms with E-state index in [-0.39, 0.29) is 50.4 Å². The quantitative estimate of drug-likeness (QED) is 0.0933. The van der Waals surface area contributed by atoms with E-state index in [2.05, 4.69) is 0 Å². The predicted molar refractivity (Wildman–Crippen MR) is 195 cm³/mol. The van der Waals surface area contributed by atoms with Gasteiger partial charge in [-0.3, -0.25) is 4.79 Å². The summed E-state index contributed by atoms with van der Waals surface area (Å²) in [5, 5.41) is 81.7. The third kappa shape index (κ3) is 5.47. The highest BCUT2D eigenvalue weighted by molar-refractivity contribution is 6.17. The van der Waals surface area contributed by atoms with Crippen LogP contribution in [-0.4, -0.2) is 145 Å². The van der Waals surface area contributed by atoms with Gasteiger partial charge in [0.15, 0.2) is 12.4 Å². The van der Waals surface area contributed by atoms with E-state index in [1.165, 1.54) is 40.4 Å². The molecule has 56 heavy (non-hydrogen) atoms. The summed E-state index contributed by atoms with van der Waals surface area (Å²) < 4.78 is 47.6. The van der Waals surface area contributed by atoms with Gasteiger partial charge in [0.2, 0.25) is 6.29 Å². The molecule has 308 valence electrons. The van der Waals surface area contributed by atoms with Gasteiger partial charge in [-0.1, -0.05) is 0 Å². The maximum Gasteiger partial charge on any atom is 0.316 e. The maximum atomic E-state index is 13.5. The van der Waals surface area contributed by atoms with Crippen LogP contribution in [0.25, 0.3) is 21.5 Å². The van der Waals surface area contributed by atoms with Crippen molar-refractivity contribution >= 4 is 27.5 Å². The lowest BCUT2D eigenvalue weighted by molar-refractivity contribution is -0.899. The number of rotatable bonds is 7. The molecule has 0 aromatic heterocycles. The van der Waals surface area contributed by atoms with Crippen LogP contribution in [0, 0.1) is 0 Å². The van der Waals surface area contributed by atoms with Crippen LogP contribution in [-0.2, 0) is 43.6 Å². The summed E-state index contributed by atoms with van der Waals surface area (Å²) in [7, 11) is 9.10. The SMILES string of the molecule is COC(=O)[C@@H]1c2cc3c(O)c4c5c(cc(O)c4c(O)c3c(O)c2[C@@H](O[C@@H]2O[C@@H](C)[C@H](OC)[C@@](C)(OC)[C@H]2OC)C[C@]1(C)O)[C@@]1(C)O[C@@H](O5)[C@@H](O)[C@H]([NH+](C)C)[C@H]1O. The third-order valence-corrected chi connectivity index (χ3v) is 12.6. The molecule has 8 N–H and O–H groups in total. The maximum absolute atomic E-state index is 13.5. The number of esters is 1. The van der Waals surface area contributed by atoms with Gasteiger partial charge in [0.05, 0.1) is 55.2 Å². The number of likely N-dealkylation sites (N-methyl/N-ethyl adjacent to an activating group) is 1. The van der Waals surface area contributed by atoms with Crippen molar-refractivity contribution in [3.63, 3.8) is 0 Å². The highest BCUT2D eigenvalue weighted by Gasteiger charge is 2.61. The summed E-state index contributed by atoms with van der Waals surface area (Å²) in [4.78, 5) is 14.2. The lowest BCUT2D eigenvalue weighted by Gasteiger charge is -2.52. The molecule has 2 bridgehead atoms. The average molecular weight is 791 g/mol. The minimum Gasteiger partial charge on any atom is -0.507 e. The summed E-state index contributed by atoms with van der Waals surface area (Å²) >= 11 is 0. The van der Waals surface area contributed by atoms with Crippen molar-refractivity contribution in [2.75, 3.05) is 42.5 Å². The molecule has 17 nitrogen and oxygen atoms in total. The lowest BCUT2D eigenvalue weighted by atomic mass is 9.70. The molecule has 3 aromatic carbocycles. The molecule has 0 saturated carbocycles. The number of phenolic OH excluding ortho intramolecular Hbond substituents is 4. The van der Waals surface area contributed by atoms with Crippen LogP contribution >= 0.6 is 0 Å². The number of quaternary nitrogens is 1. The van der Waals surface area contributed by atoms with E-state index in [0.29, 0.717) is 4.90 Å².